The Morgan fingerprint density at radius 3 is 2.79 bits per heavy atom. The quantitative estimate of drug-likeness (QED) is 0.818. The normalized spacial score (nSPS) is 14.8. The van der Waals surface area contributed by atoms with Crippen LogP contribution >= 0.6 is 0 Å². The molecular formula is C14H21NO4. The minimum absolute atomic E-state index is 0.0800. The Morgan fingerprint density at radius 1 is 1.37 bits per heavy atom. The van der Waals surface area contributed by atoms with Crippen molar-refractivity contribution in [3.63, 3.8) is 0 Å². The molecule has 0 aromatic heterocycles. The van der Waals surface area contributed by atoms with E-state index in [1.54, 1.807) is 7.11 Å². The summed E-state index contributed by atoms with van der Waals surface area (Å²) in [7, 11) is 1.61. The van der Waals surface area contributed by atoms with Crippen LogP contribution in [0.15, 0.2) is 12.1 Å². The highest BCUT2D eigenvalue weighted by Crippen LogP contribution is 2.41. The molecule has 0 radical (unpaired) electrons. The second kappa shape index (κ2) is 6.12. The Balaban J connectivity index is 2.09. The first kappa shape index (κ1) is 14.0. The van der Waals surface area contributed by atoms with Gasteiger partial charge in [0, 0.05) is 12.6 Å². The first-order chi connectivity index (χ1) is 9.15. The minimum atomic E-state index is 0.0800. The zero-order valence-electron chi connectivity index (χ0n) is 11.6. The lowest BCUT2D eigenvalue weighted by molar-refractivity contribution is 0.171. The van der Waals surface area contributed by atoms with Gasteiger partial charge in [0.05, 0.1) is 13.7 Å². The molecule has 0 aliphatic carbocycles. The van der Waals surface area contributed by atoms with Gasteiger partial charge in [0.1, 0.15) is 0 Å². The summed E-state index contributed by atoms with van der Waals surface area (Å²) in [5.74, 6) is 2.42. The van der Waals surface area contributed by atoms with E-state index >= 15 is 0 Å². The maximum atomic E-state index is 9.30. The van der Waals surface area contributed by atoms with E-state index in [9.17, 15) is 5.11 Å². The van der Waals surface area contributed by atoms with Crippen molar-refractivity contribution in [3.8, 4) is 17.2 Å². The van der Waals surface area contributed by atoms with Crippen LogP contribution in [-0.4, -0.2) is 31.7 Å². The van der Waals surface area contributed by atoms with Gasteiger partial charge < -0.3 is 24.6 Å². The lowest BCUT2D eigenvalue weighted by Crippen LogP contribution is -2.36. The average molecular weight is 267 g/mol. The van der Waals surface area contributed by atoms with Crippen LogP contribution in [0.2, 0.25) is 0 Å². The lowest BCUT2D eigenvalue weighted by Gasteiger charge is -2.20. The van der Waals surface area contributed by atoms with Crippen LogP contribution in [0, 0.1) is 5.92 Å². The van der Waals surface area contributed by atoms with Gasteiger partial charge in [-0.05, 0) is 23.6 Å². The topological polar surface area (TPSA) is 60.0 Å². The molecule has 1 aliphatic heterocycles. The third kappa shape index (κ3) is 3.11. The predicted octanol–water partition coefficient (Wildman–Crippen LogP) is 1.53. The summed E-state index contributed by atoms with van der Waals surface area (Å²) >= 11 is 0. The van der Waals surface area contributed by atoms with Crippen LogP contribution in [0.1, 0.15) is 19.4 Å². The van der Waals surface area contributed by atoms with Crippen molar-refractivity contribution >= 4 is 0 Å². The van der Waals surface area contributed by atoms with Gasteiger partial charge in [0.2, 0.25) is 12.5 Å². The van der Waals surface area contributed by atoms with E-state index in [1.807, 2.05) is 12.1 Å². The fourth-order valence-electron chi connectivity index (χ4n) is 2.05. The van der Waals surface area contributed by atoms with Crippen LogP contribution in [0.4, 0.5) is 0 Å². The van der Waals surface area contributed by atoms with E-state index in [-0.39, 0.29) is 19.4 Å². The van der Waals surface area contributed by atoms with Crippen molar-refractivity contribution in [1.82, 2.24) is 5.32 Å². The molecule has 1 aliphatic rings. The van der Waals surface area contributed by atoms with Gasteiger partial charge in [0.25, 0.3) is 0 Å². The van der Waals surface area contributed by atoms with Gasteiger partial charge in [-0.25, -0.2) is 0 Å². The largest absolute Gasteiger partial charge is 0.493 e. The number of benzene rings is 1. The molecule has 0 bridgehead atoms. The summed E-state index contributed by atoms with van der Waals surface area (Å²) in [5.41, 5.74) is 1.04. The molecule has 106 valence electrons. The van der Waals surface area contributed by atoms with Crippen LogP contribution in [0.5, 0.6) is 17.2 Å². The Bertz CT molecular complexity index is 434. The highest BCUT2D eigenvalue weighted by atomic mass is 16.7. The van der Waals surface area contributed by atoms with Crippen molar-refractivity contribution in [3.05, 3.63) is 17.7 Å². The third-order valence-corrected chi connectivity index (χ3v) is 3.29. The molecule has 0 spiro atoms. The van der Waals surface area contributed by atoms with E-state index in [4.69, 9.17) is 14.2 Å². The lowest BCUT2D eigenvalue weighted by atomic mass is 10.0. The van der Waals surface area contributed by atoms with E-state index in [0.29, 0.717) is 29.7 Å². The van der Waals surface area contributed by atoms with Gasteiger partial charge in [-0.3, -0.25) is 0 Å². The fourth-order valence-corrected chi connectivity index (χ4v) is 2.05. The number of methoxy groups -OCH3 is 1. The summed E-state index contributed by atoms with van der Waals surface area (Å²) in [4.78, 5) is 0. The van der Waals surface area contributed by atoms with Gasteiger partial charge in [-0.2, -0.15) is 0 Å². The van der Waals surface area contributed by atoms with Gasteiger partial charge in [0.15, 0.2) is 11.5 Å². The molecular weight excluding hydrogens is 246 g/mol. The van der Waals surface area contributed by atoms with Crippen molar-refractivity contribution in [1.29, 1.82) is 0 Å². The monoisotopic (exact) mass is 267 g/mol. The SMILES string of the molecule is COc1cc(CNC(CO)C(C)C)cc2c1OCO2. The molecule has 5 nitrogen and oxygen atoms in total. The Labute approximate surface area is 113 Å². The summed E-state index contributed by atoms with van der Waals surface area (Å²) in [6, 6.07) is 3.94. The standard InChI is InChI=1S/C14H21NO4/c1-9(2)11(7-16)15-6-10-4-12(17-3)14-13(5-10)18-8-19-14/h4-5,9,11,15-16H,6-8H2,1-3H3. The zero-order chi connectivity index (χ0) is 13.8. The van der Waals surface area contributed by atoms with Crippen LogP contribution in [0.25, 0.3) is 0 Å². The third-order valence-electron chi connectivity index (χ3n) is 3.29. The summed E-state index contributed by atoms with van der Waals surface area (Å²) < 4.78 is 16.0. The van der Waals surface area contributed by atoms with Gasteiger partial charge in [-0.1, -0.05) is 13.8 Å². The summed E-state index contributed by atoms with van der Waals surface area (Å²) in [6.45, 7) is 5.16. The smallest absolute Gasteiger partial charge is 0.231 e. The first-order valence-corrected chi connectivity index (χ1v) is 6.46. The van der Waals surface area contributed by atoms with E-state index in [1.165, 1.54) is 0 Å². The molecule has 0 amide bonds. The fraction of sp³-hybridized carbons (Fsp3) is 0.571. The summed E-state index contributed by atoms with van der Waals surface area (Å²) in [6.07, 6.45) is 0. The molecule has 5 heteroatoms. The molecule has 0 saturated heterocycles. The number of hydrogen-bond acceptors (Lipinski definition) is 5. The van der Waals surface area contributed by atoms with Gasteiger partial charge >= 0.3 is 0 Å². The average Bonchev–Trinajstić information content (AvgIpc) is 2.86. The van der Waals surface area contributed by atoms with Crippen LogP contribution < -0.4 is 19.5 Å². The molecule has 1 atom stereocenters. The highest BCUT2D eigenvalue weighted by molar-refractivity contribution is 5.55. The molecule has 1 aromatic carbocycles. The van der Waals surface area contributed by atoms with Crippen molar-refractivity contribution < 1.29 is 19.3 Å². The summed E-state index contributed by atoms with van der Waals surface area (Å²) in [5, 5.41) is 12.6. The molecule has 2 N–H and O–H groups in total. The Kier molecular flexibility index (Phi) is 4.50. The number of aliphatic hydroxyl groups excluding tert-OH is 1. The molecule has 0 fully saturated rings. The molecule has 1 unspecified atom stereocenters. The molecule has 1 aromatic rings. The highest BCUT2D eigenvalue weighted by Gasteiger charge is 2.20. The second-order valence-electron chi connectivity index (χ2n) is 4.95. The maximum absolute atomic E-state index is 9.30. The Hall–Kier alpha value is -1.46. The minimum Gasteiger partial charge on any atom is -0.493 e. The molecule has 2 rings (SSSR count). The van der Waals surface area contributed by atoms with E-state index < -0.39 is 0 Å². The molecule has 0 saturated carbocycles. The number of hydrogen-bond donors (Lipinski definition) is 2. The zero-order valence-corrected chi connectivity index (χ0v) is 11.6. The Morgan fingerprint density at radius 2 is 2.16 bits per heavy atom. The van der Waals surface area contributed by atoms with Crippen molar-refractivity contribution in [2.45, 2.75) is 26.4 Å². The number of ether oxygens (including phenoxy) is 3. The van der Waals surface area contributed by atoms with Crippen LogP contribution in [0.3, 0.4) is 0 Å². The van der Waals surface area contributed by atoms with Gasteiger partial charge in [-0.15, -0.1) is 0 Å². The number of rotatable bonds is 6. The van der Waals surface area contributed by atoms with Crippen molar-refractivity contribution in [2.24, 2.45) is 5.92 Å². The molecule has 19 heavy (non-hydrogen) atoms. The maximum Gasteiger partial charge on any atom is 0.231 e. The second-order valence-corrected chi connectivity index (χ2v) is 4.95. The molecule has 1 heterocycles. The number of aliphatic hydroxyl groups is 1. The predicted molar refractivity (Wildman–Crippen MR) is 71.7 cm³/mol. The van der Waals surface area contributed by atoms with Crippen molar-refractivity contribution in [2.75, 3.05) is 20.5 Å². The first-order valence-electron chi connectivity index (χ1n) is 6.46. The number of nitrogens with one attached hydrogen (secondary N) is 1. The van der Waals surface area contributed by atoms with Crippen LogP contribution in [-0.2, 0) is 6.54 Å². The number of fused-ring (bicyclic) bond motifs is 1. The van der Waals surface area contributed by atoms with E-state index in [2.05, 4.69) is 19.2 Å². The van der Waals surface area contributed by atoms with E-state index in [0.717, 1.165) is 5.56 Å².